The van der Waals surface area contributed by atoms with Gasteiger partial charge in [0, 0.05) is 22.9 Å². The van der Waals surface area contributed by atoms with Crippen LogP contribution >= 0.6 is 11.3 Å². The minimum absolute atomic E-state index is 0.156. The minimum Gasteiger partial charge on any atom is -0.377 e. The van der Waals surface area contributed by atoms with Crippen molar-refractivity contribution in [1.82, 2.24) is 0 Å². The fraction of sp³-hybridized carbons (Fsp3) is 0.636. The van der Waals surface area contributed by atoms with E-state index in [4.69, 9.17) is 10.5 Å². The zero-order valence-electron chi connectivity index (χ0n) is 8.75. The summed E-state index contributed by atoms with van der Waals surface area (Å²) in [5, 5.41) is 0. The smallest absolute Gasteiger partial charge is 0.0832 e. The molecule has 1 aliphatic carbocycles. The van der Waals surface area contributed by atoms with E-state index < -0.39 is 0 Å². The fourth-order valence-corrected chi connectivity index (χ4v) is 3.22. The van der Waals surface area contributed by atoms with Crippen molar-refractivity contribution in [3.8, 4) is 0 Å². The van der Waals surface area contributed by atoms with Gasteiger partial charge < -0.3 is 10.5 Å². The van der Waals surface area contributed by atoms with Crippen molar-refractivity contribution in [2.45, 2.75) is 38.3 Å². The lowest BCUT2D eigenvalue weighted by molar-refractivity contribution is 0.0888. The second-order valence-electron chi connectivity index (χ2n) is 3.93. The molecule has 0 bridgehead atoms. The Morgan fingerprint density at radius 1 is 1.64 bits per heavy atom. The van der Waals surface area contributed by atoms with E-state index in [-0.39, 0.29) is 6.04 Å². The van der Waals surface area contributed by atoms with Gasteiger partial charge in [0.05, 0.1) is 6.10 Å². The van der Waals surface area contributed by atoms with E-state index in [0.29, 0.717) is 6.10 Å². The molecule has 1 heterocycles. The van der Waals surface area contributed by atoms with Gasteiger partial charge in [-0.25, -0.2) is 0 Å². The SMILES string of the molecule is COC1CCCc2sc(C(C)N)cc21. The summed E-state index contributed by atoms with van der Waals surface area (Å²) < 4.78 is 5.48. The predicted octanol–water partition coefficient (Wildman–Crippen LogP) is 2.79. The lowest BCUT2D eigenvalue weighted by Crippen LogP contribution is -2.08. The van der Waals surface area contributed by atoms with Gasteiger partial charge in [-0.05, 0) is 37.8 Å². The Bertz CT molecular complexity index is 319. The first-order chi connectivity index (χ1) is 6.72. The Labute approximate surface area is 89.1 Å². The molecule has 3 heteroatoms. The number of thiophene rings is 1. The second-order valence-corrected chi connectivity index (χ2v) is 5.10. The summed E-state index contributed by atoms with van der Waals surface area (Å²) in [6.07, 6.45) is 3.90. The number of methoxy groups -OCH3 is 1. The molecule has 0 radical (unpaired) electrons. The van der Waals surface area contributed by atoms with Crippen LogP contribution < -0.4 is 5.73 Å². The monoisotopic (exact) mass is 211 g/mol. The summed E-state index contributed by atoms with van der Waals surface area (Å²) in [7, 11) is 1.79. The number of nitrogens with two attached hydrogens (primary N) is 1. The van der Waals surface area contributed by atoms with Gasteiger partial charge in [-0.3, -0.25) is 0 Å². The van der Waals surface area contributed by atoms with Crippen molar-refractivity contribution in [3.05, 3.63) is 21.4 Å². The van der Waals surface area contributed by atoms with Crippen LogP contribution in [0.3, 0.4) is 0 Å². The average Bonchev–Trinajstić information content (AvgIpc) is 2.60. The third-order valence-electron chi connectivity index (χ3n) is 2.81. The van der Waals surface area contributed by atoms with Crippen molar-refractivity contribution < 1.29 is 4.74 Å². The van der Waals surface area contributed by atoms with Gasteiger partial charge in [-0.2, -0.15) is 0 Å². The molecule has 2 atom stereocenters. The van der Waals surface area contributed by atoms with Crippen LogP contribution in [-0.2, 0) is 11.2 Å². The molecule has 0 saturated heterocycles. The van der Waals surface area contributed by atoms with E-state index in [1.165, 1.54) is 28.2 Å². The molecular weight excluding hydrogens is 194 g/mol. The van der Waals surface area contributed by atoms with Crippen LogP contribution in [0.2, 0.25) is 0 Å². The summed E-state index contributed by atoms with van der Waals surface area (Å²) in [5.41, 5.74) is 7.27. The predicted molar refractivity (Wildman–Crippen MR) is 59.6 cm³/mol. The molecule has 0 amide bonds. The number of hydrogen-bond donors (Lipinski definition) is 1. The Morgan fingerprint density at radius 3 is 3.07 bits per heavy atom. The van der Waals surface area contributed by atoms with Crippen LogP contribution in [0.15, 0.2) is 6.07 Å². The van der Waals surface area contributed by atoms with Gasteiger partial charge in [0.1, 0.15) is 0 Å². The summed E-state index contributed by atoms with van der Waals surface area (Å²) in [6, 6.07) is 2.39. The highest BCUT2D eigenvalue weighted by molar-refractivity contribution is 7.12. The summed E-state index contributed by atoms with van der Waals surface area (Å²) >= 11 is 1.86. The molecule has 14 heavy (non-hydrogen) atoms. The van der Waals surface area contributed by atoms with E-state index in [2.05, 4.69) is 6.07 Å². The van der Waals surface area contributed by atoms with Gasteiger partial charge in [0.15, 0.2) is 0 Å². The maximum atomic E-state index is 5.88. The molecule has 0 saturated carbocycles. The average molecular weight is 211 g/mol. The molecule has 0 aliphatic heterocycles. The van der Waals surface area contributed by atoms with Crippen molar-refractivity contribution in [1.29, 1.82) is 0 Å². The summed E-state index contributed by atoms with van der Waals surface area (Å²) in [5.74, 6) is 0. The molecule has 0 spiro atoms. The molecule has 78 valence electrons. The van der Waals surface area contributed by atoms with E-state index in [0.717, 1.165) is 6.42 Å². The standard InChI is InChI=1S/C11H17NOS/c1-7(12)11-6-8-9(13-2)4-3-5-10(8)14-11/h6-7,9H,3-5,12H2,1-2H3. The largest absolute Gasteiger partial charge is 0.377 e. The first-order valence-electron chi connectivity index (χ1n) is 5.13. The molecule has 1 aromatic heterocycles. The Kier molecular flexibility index (Phi) is 2.91. The first-order valence-corrected chi connectivity index (χ1v) is 5.95. The molecular formula is C11H17NOS. The maximum absolute atomic E-state index is 5.88. The van der Waals surface area contributed by atoms with Gasteiger partial charge in [0.2, 0.25) is 0 Å². The molecule has 2 rings (SSSR count). The molecule has 2 nitrogen and oxygen atoms in total. The summed E-state index contributed by atoms with van der Waals surface area (Å²) in [6.45, 7) is 2.04. The Balaban J connectivity index is 2.33. The van der Waals surface area contributed by atoms with Crippen LogP contribution in [0.5, 0.6) is 0 Å². The zero-order valence-corrected chi connectivity index (χ0v) is 9.56. The third kappa shape index (κ3) is 1.72. The van der Waals surface area contributed by atoms with Gasteiger partial charge in [-0.15, -0.1) is 11.3 Å². The van der Waals surface area contributed by atoms with Crippen LogP contribution in [0.4, 0.5) is 0 Å². The van der Waals surface area contributed by atoms with Crippen molar-refractivity contribution in [3.63, 3.8) is 0 Å². The lowest BCUT2D eigenvalue weighted by Gasteiger charge is -2.20. The highest BCUT2D eigenvalue weighted by Gasteiger charge is 2.23. The van der Waals surface area contributed by atoms with E-state index in [9.17, 15) is 0 Å². The van der Waals surface area contributed by atoms with E-state index in [1.807, 2.05) is 18.3 Å². The maximum Gasteiger partial charge on any atom is 0.0832 e. The van der Waals surface area contributed by atoms with Crippen LogP contribution in [0, 0.1) is 0 Å². The number of hydrogen-bond acceptors (Lipinski definition) is 3. The van der Waals surface area contributed by atoms with Crippen LogP contribution in [0.1, 0.15) is 47.2 Å². The van der Waals surface area contributed by atoms with Crippen molar-refractivity contribution >= 4 is 11.3 Å². The second kappa shape index (κ2) is 4.01. The van der Waals surface area contributed by atoms with Gasteiger partial charge >= 0.3 is 0 Å². The fourth-order valence-electron chi connectivity index (χ4n) is 2.01. The minimum atomic E-state index is 0.156. The van der Waals surface area contributed by atoms with E-state index >= 15 is 0 Å². The van der Waals surface area contributed by atoms with Crippen molar-refractivity contribution in [2.75, 3.05) is 7.11 Å². The molecule has 1 aliphatic rings. The number of aryl methyl sites for hydroxylation is 1. The molecule has 2 N–H and O–H groups in total. The molecule has 1 aromatic rings. The topological polar surface area (TPSA) is 35.2 Å². The first kappa shape index (κ1) is 10.1. The summed E-state index contributed by atoms with van der Waals surface area (Å²) in [4.78, 5) is 2.77. The molecule has 0 fully saturated rings. The van der Waals surface area contributed by atoms with E-state index in [1.54, 1.807) is 7.11 Å². The van der Waals surface area contributed by atoms with Gasteiger partial charge in [-0.1, -0.05) is 0 Å². The van der Waals surface area contributed by atoms with Gasteiger partial charge in [0.25, 0.3) is 0 Å². The number of rotatable bonds is 2. The number of fused-ring (bicyclic) bond motifs is 1. The quantitative estimate of drug-likeness (QED) is 0.816. The molecule has 0 aromatic carbocycles. The van der Waals surface area contributed by atoms with Crippen LogP contribution in [-0.4, -0.2) is 7.11 Å². The Hall–Kier alpha value is -0.380. The van der Waals surface area contributed by atoms with Crippen molar-refractivity contribution in [2.24, 2.45) is 5.73 Å². The molecule has 2 unspecified atom stereocenters. The normalized spacial score (nSPS) is 23.2. The third-order valence-corrected chi connectivity index (χ3v) is 4.22. The van der Waals surface area contributed by atoms with Crippen LogP contribution in [0.25, 0.3) is 0 Å². The highest BCUT2D eigenvalue weighted by atomic mass is 32.1. The number of ether oxygens (including phenoxy) is 1. The highest BCUT2D eigenvalue weighted by Crippen LogP contribution is 2.38. The Morgan fingerprint density at radius 2 is 2.43 bits per heavy atom. The lowest BCUT2D eigenvalue weighted by atomic mass is 9.96. The zero-order chi connectivity index (χ0) is 10.1.